The topological polar surface area (TPSA) is 57.8 Å². The van der Waals surface area contributed by atoms with Crippen molar-refractivity contribution < 1.29 is 9.21 Å². The van der Waals surface area contributed by atoms with Crippen molar-refractivity contribution in [1.29, 1.82) is 0 Å². The van der Waals surface area contributed by atoms with Crippen LogP contribution in [-0.4, -0.2) is 36.7 Å². The van der Waals surface area contributed by atoms with Crippen molar-refractivity contribution in [2.75, 3.05) is 13.6 Å². The first-order chi connectivity index (χ1) is 8.27. The number of hydrazone groups is 1. The van der Waals surface area contributed by atoms with E-state index in [9.17, 15) is 4.79 Å². The van der Waals surface area contributed by atoms with Crippen LogP contribution in [0, 0.1) is 0 Å². The van der Waals surface area contributed by atoms with Gasteiger partial charge in [0.15, 0.2) is 0 Å². The van der Waals surface area contributed by atoms with Crippen molar-refractivity contribution in [2.24, 2.45) is 5.10 Å². The van der Waals surface area contributed by atoms with Crippen LogP contribution in [0.4, 0.5) is 0 Å². The molecule has 1 aliphatic rings. The number of piperidine rings is 1. The number of likely N-dealkylation sites (N-methyl/N-ethyl adjacent to an activating group) is 1. The van der Waals surface area contributed by atoms with Gasteiger partial charge < -0.3 is 4.42 Å². The zero-order valence-corrected chi connectivity index (χ0v) is 9.93. The highest BCUT2D eigenvalue weighted by atomic mass is 16.3. The molecule has 5 nitrogen and oxygen atoms in total. The van der Waals surface area contributed by atoms with Crippen LogP contribution >= 0.6 is 0 Å². The summed E-state index contributed by atoms with van der Waals surface area (Å²) in [5, 5.41) is 3.91. The van der Waals surface area contributed by atoms with Gasteiger partial charge in [0.1, 0.15) is 0 Å². The van der Waals surface area contributed by atoms with E-state index in [1.165, 1.54) is 6.42 Å². The number of nitrogens with one attached hydrogen (secondary N) is 1. The van der Waals surface area contributed by atoms with Crippen LogP contribution in [0.2, 0.25) is 0 Å². The van der Waals surface area contributed by atoms with Crippen LogP contribution in [0.15, 0.2) is 28.1 Å². The fourth-order valence-corrected chi connectivity index (χ4v) is 2.00. The van der Waals surface area contributed by atoms with Gasteiger partial charge in [0.2, 0.25) is 0 Å². The zero-order valence-electron chi connectivity index (χ0n) is 9.93. The van der Waals surface area contributed by atoms with Crippen molar-refractivity contribution in [3.8, 4) is 0 Å². The van der Waals surface area contributed by atoms with Gasteiger partial charge >= 0.3 is 0 Å². The number of furan rings is 1. The first-order valence-electron chi connectivity index (χ1n) is 5.83. The molecule has 0 saturated carbocycles. The van der Waals surface area contributed by atoms with E-state index in [-0.39, 0.29) is 11.9 Å². The molecule has 0 aliphatic carbocycles. The monoisotopic (exact) mass is 235 g/mol. The number of carbonyl (C=O) groups excluding carboxylic acids is 1. The Bertz CT molecular complexity index is 386. The van der Waals surface area contributed by atoms with Crippen LogP contribution in [0.3, 0.4) is 0 Å². The molecule has 0 aromatic carbocycles. The molecule has 1 aliphatic heterocycles. The zero-order chi connectivity index (χ0) is 12.1. The minimum atomic E-state index is -0.0507. The Morgan fingerprint density at radius 2 is 2.53 bits per heavy atom. The minimum Gasteiger partial charge on any atom is -0.472 e. The third-order valence-corrected chi connectivity index (χ3v) is 3.00. The first-order valence-corrected chi connectivity index (χ1v) is 5.83. The van der Waals surface area contributed by atoms with Gasteiger partial charge in [0.05, 0.1) is 24.8 Å². The van der Waals surface area contributed by atoms with E-state index in [1.54, 1.807) is 24.8 Å². The van der Waals surface area contributed by atoms with E-state index in [2.05, 4.69) is 15.4 Å². The molecule has 2 heterocycles. The Balaban J connectivity index is 1.84. The van der Waals surface area contributed by atoms with Gasteiger partial charge in [-0.05, 0) is 32.5 Å². The molecule has 1 saturated heterocycles. The summed E-state index contributed by atoms with van der Waals surface area (Å²) in [6.07, 6.45) is 7.89. The summed E-state index contributed by atoms with van der Waals surface area (Å²) < 4.78 is 4.89. The van der Waals surface area contributed by atoms with Gasteiger partial charge in [-0.15, -0.1) is 0 Å². The summed E-state index contributed by atoms with van der Waals surface area (Å²) in [7, 11) is 1.98. The van der Waals surface area contributed by atoms with Crippen LogP contribution in [0.5, 0.6) is 0 Å². The molecular formula is C12H17N3O2. The number of likely N-dealkylation sites (tertiary alicyclic amines) is 1. The highest BCUT2D eigenvalue weighted by molar-refractivity contribution is 5.84. The fraction of sp³-hybridized carbons (Fsp3) is 0.500. The quantitative estimate of drug-likeness (QED) is 0.633. The van der Waals surface area contributed by atoms with Gasteiger partial charge in [-0.3, -0.25) is 9.69 Å². The molecule has 0 bridgehead atoms. The van der Waals surface area contributed by atoms with Crippen LogP contribution in [0.25, 0.3) is 0 Å². The summed E-state index contributed by atoms with van der Waals surface area (Å²) in [4.78, 5) is 13.9. The third-order valence-electron chi connectivity index (χ3n) is 3.00. The molecule has 1 N–H and O–H groups in total. The molecule has 1 aromatic rings. The molecule has 1 fully saturated rings. The summed E-state index contributed by atoms with van der Waals surface area (Å²) in [6, 6.07) is 1.73. The van der Waals surface area contributed by atoms with Gasteiger partial charge in [-0.2, -0.15) is 5.10 Å². The number of nitrogens with zero attached hydrogens (tertiary/aromatic N) is 2. The number of carbonyl (C=O) groups is 1. The predicted octanol–water partition coefficient (Wildman–Crippen LogP) is 1.21. The van der Waals surface area contributed by atoms with Crippen molar-refractivity contribution in [3.63, 3.8) is 0 Å². The van der Waals surface area contributed by atoms with Crippen LogP contribution in [-0.2, 0) is 4.79 Å². The number of amides is 1. The SMILES string of the molecule is CN1CCCC[C@H]1C(=O)N/N=C\c1ccoc1. The predicted molar refractivity (Wildman–Crippen MR) is 64.7 cm³/mol. The van der Waals surface area contributed by atoms with Gasteiger partial charge in [0, 0.05) is 5.56 Å². The molecule has 0 unspecified atom stereocenters. The number of rotatable bonds is 3. The van der Waals surface area contributed by atoms with Crippen LogP contribution in [0.1, 0.15) is 24.8 Å². The molecule has 92 valence electrons. The fourth-order valence-electron chi connectivity index (χ4n) is 2.00. The summed E-state index contributed by atoms with van der Waals surface area (Å²) in [5.41, 5.74) is 3.40. The molecule has 1 atom stereocenters. The Morgan fingerprint density at radius 1 is 1.65 bits per heavy atom. The van der Waals surface area contributed by atoms with Gasteiger partial charge in [-0.25, -0.2) is 5.43 Å². The lowest BCUT2D eigenvalue weighted by atomic mass is 10.0. The minimum absolute atomic E-state index is 0.0352. The summed E-state index contributed by atoms with van der Waals surface area (Å²) in [5.74, 6) is -0.0352. The largest absolute Gasteiger partial charge is 0.472 e. The van der Waals surface area contributed by atoms with Crippen molar-refractivity contribution in [2.45, 2.75) is 25.3 Å². The standard InChI is InChI=1S/C12H17N3O2/c1-15-6-3-2-4-11(15)12(16)14-13-8-10-5-7-17-9-10/h5,7-9,11H,2-4,6H2,1H3,(H,14,16)/b13-8-/t11-/m0/s1. The molecule has 0 spiro atoms. The van der Waals surface area contributed by atoms with E-state index in [1.807, 2.05) is 7.05 Å². The molecule has 0 radical (unpaired) electrons. The van der Waals surface area contributed by atoms with E-state index in [0.717, 1.165) is 24.9 Å². The maximum absolute atomic E-state index is 11.8. The highest BCUT2D eigenvalue weighted by Gasteiger charge is 2.25. The number of hydrogen-bond acceptors (Lipinski definition) is 4. The summed E-state index contributed by atoms with van der Waals surface area (Å²) >= 11 is 0. The van der Waals surface area contributed by atoms with Crippen molar-refractivity contribution >= 4 is 12.1 Å². The first kappa shape index (κ1) is 11.9. The molecule has 2 rings (SSSR count). The van der Waals surface area contributed by atoms with E-state index in [0.29, 0.717) is 0 Å². The van der Waals surface area contributed by atoms with Gasteiger partial charge in [-0.1, -0.05) is 6.42 Å². The normalized spacial score (nSPS) is 21.8. The average Bonchev–Trinajstić information content (AvgIpc) is 2.82. The Hall–Kier alpha value is -1.62. The molecule has 17 heavy (non-hydrogen) atoms. The van der Waals surface area contributed by atoms with Crippen LogP contribution < -0.4 is 5.43 Å². The average molecular weight is 235 g/mol. The van der Waals surface area contributed by atoms with E-state index in [4.69, 9.17) is 4.42 Å². The lowest BCUT2D eigenvalue weighted by Crippen LogP contribution is -2.46. The second-order valence-corrected chi connectivity index (χ2v) is 4.28. The summed E-state index contributed by atoms with van der Waals surface area (Å²) in [6.45, 7) is 0.976. The van der Waals surface area contributed by atoms with Gasteiger partial charge in [0.25, 0.3) is 5.91 Å². The molecular weight excluding hydrogens is 218 g/mol. The molecule has 1 aromatic heterocycles. The molecule has 1 amide bonds. The number of hydrogen-bond donors (Lipinski definition) is 1. The maximum Gasteiger partial charge on any atom is 0.257 e. The Kier molecular flexibility index (Phi) is 3.93. The second kappa shape index (κ2) is 5.63. The second-order valence-electron chi connectivity index (χ2n) is 4.28. The third kappa shape index (κ3) is 3.17. The highest BCUT2D eigenvalue weighted by Crippen LogP contribution is 2.14. The lowest BCUT2D eigenvalue weighted by molar-refractivity contribution is -0.126. The Labute approximate surface area is 100 Å². The van der Waals surface area contributed by atoms with E-state index >= 15 is 0 Å². The Morgan fingerprint density at radius 3 is 3.24 bits per heavy atom. The lowest BCUT2D eigenvalue weighted by Gasteiger charge is -2.30. The molecule has 5 heteroatoms. The smallest absolute Gasteiger partial charge is 0.257 e. The van der Waals surface area contributed by atoms with E-state index < -0.39 is 0 Å². The van der Waals surface area contributed by atoms with Crippen molar-refractivity contribution in [1.82, 2.24) is 10.3 Å². The maximum atomic E-state index is 11.8. The van der Waals surface area contributed by atoms with Crippen molar-refractivity contribution in [3.05, 3.63) is 24.2 Å².